The van der Waals surface area contributed by atoms with Gasteiger partial charge in [-0.1, -0.05) is 41.9 Å². The van der Waals surface area contributed by atoms with E-state index in [9.17, 15) is 9.59 Å². The number of pyridine rings is 1. The third-order valence-corrected chi connectivity index (χ3v) is 4.24. The standard InChI is InChI=1S/C19H17ClN2O3/c1-13(23)22-9-8-15-4-2-3-5-16(15)17(22)10-19(24)25-12-14-6-7-18(20)21-11-14/h2-9,11,17H,10,12H2,1H3. The normalized spacial score (nSPS) is 15.6. The molecule has 1 aromatic carbocycles. The minimum Gasteiger partial charge on any atom is -0.461 e. The van der Waals surface area contributed by atoms with Gasteiger partial charge in [0.25, 0.3) is 0 Å². The zero-order valence-corrected chi connectivity index (χ0v) is 14.4. The van der Waals surface area contributed by atoms with Gasteiger partial charge in [-0.2, -0.15) is 0 Å². The lowest BCUT2D eigenvalue weighted by Gasteiger charge is -2.32. The van der Waals surface area contributed by atoms with E-state index in [1.54, 1.807) is 29.4 Å². The highest BCUT2D eigenvalue weighted by Gasteiger charge is 2.28. The summed E-state index contributed by atoms with van der Waals surface area (Å²) in [5, 5.41) is 0.387. The number of ether oxygens (including phenoxy) is 1. The van der Waals surface area contributed by atoms with Crippen molar-refractivity contribution in [3.8, 4) is 0 Å². The number of benzene rings is 1. The number of aromatic nitrogens is 1. The summed E-state index contributed by atoms with van der Waals surface area (Å²) in [4.78, 5) is 29.7. The average molecular weight is 357 g/mol. The van der Waals surface area contributed by atoms with Crippen molar-refractivity contribution in [3.63, 3.8) is 0 Å². The third kappa shape index (κ3) is 4.06. The molecule has 0 N–H and O–H groups in total. The smallest absolute Gasteiger partial charge is 0.308 e. The van der Waals surface area contributed by atoms with Gasteiger partial charge in [-0.3, -0.25) is 9.59 Å². The molecule has 1 atom stereocenters. The molecule has 0 radical (unpaired) electrons. The highest BCUT2D eigenvalue weighted by Crippen LogP contribution is 2.33. The minimum absolute atomic E-state index is 0.0853. The molecule has 1 aliphatic rings. The van der Waals surface area contributed by atoms with Gasteiger partial charge in [0.1, 0.15) is 11.8 Å². The Labute approximate surface area is 150 Å². The lowest BCUT2D eigenvalue weighted by atomic mass is 9.94. The molecule has 2 heterocycles. The molecule has 0 bridgehead atoms. The molecular formula is C19H17ClN2O3. The zero-order valence-electron chi connectivity index (χ0n) is 13.7. The van der Waals surface area contributed by atoms with Crippen molar-refractivity contribution >= 4 is 29.6 Å². The lowest BCUT2D eigenvalue weighted by Crippen LogP contribution is -2.32. The quantitative estimate of drug-likeness (QED) is 0.618. The molecule has 6 heteroatoms. The van der Waals surface area contributed by atoms with E-state index in [0.717, 1.165) is 16.7 Å². The maximum atomic E-state index is 12.3. The molecule has 0 saturated heterocycles. The summed E-state index contributed by atoms with van der Waals surface area (Å²) in [6.45, 7) is 1.60. The fraction of sp³-hybridized carbons (Fsp3) is 0.211. The second-order valence-electron chi connectivity index (χ2n) is 5.74. The van der Waals surface area contributed by atoms with Crippen LogP contribution in [0.25, 0.3) is 6.08 Å². The Balaban J connectivity index is 1.70. The van der Waals surface area contributed by atoms with Gasteiger partial charge < -0.3 is 9.64 Å². The van der Waals surface area contributed by atoms with Gasteiger partial charge in [-0.05, 0) is 23.3 Å². The molecule has 1 aliphatic heterocycles. The number of carbonyl (C=O) groups excluding carboxylic acids is 2. The monoisotopic (exact) mass is 356 g/mol. The number of hydrogen-bond donors (Lipinski definition) is 0. The number of fused-ring (bicyclic) bond motifs is 1. The average Bonchev–Trinajstić information content (AvgIpc) is 2.61. The van der Waals surface area contributed by atoms with E-state index in [2.05, 4.69) is 4.98 Å². The van der Waals surface area contributed by atoms with E-state index in [4.69, 9.17) is 16.3 Å². The Morgan fingerprint density at radius 3 is 2.76 bits per heavy atom. The molecule has 0 spiro atoms. The third-order valence-electron chi connectivity index (χ3n) is 4.02. The second-order valence-corrected chi connectivity index (χ2v) is 6.13. The first kappa shape index (κ1) is 17.2. The number of halogens is 1. The number of esters is 1. The van der Waals surface area contributed by atoms with E-state index < -0.39 is 0 Å². The summed E-state index contributed by atoms with van der Waals surface area (Å²) in [6.07, 6.45) is 5.24. The van der Waals surface area contributed by atoms with Gasteiger partial charge in [0.2, 0.25) is 5.91 Å². The number of rotatable bonds is 4. The molecule has 25 heavy (non-hydrogen) atoms. The van der Waals surface area contributed by atoms with E-state index >= 15 is 0 Å². The molecule has 1 unspecified atom stereocenters. The number of amides is 1. The van der Waals surface area contributed by atoms with Crippen LogP contribution in [-0.4, -0.2) is 21.8 Å². The van der Waals surface area contributed by atoms with E-state index in [1.165, 1.54) is 6.92 Å². The molecule has 5 nitrogen and oxygen atoms in total. The van der Waals surface area contributed by atoms with Crippen molar-refractivity contribution in [1.82, 2.24) is 9.88 Å². The molecule has 1 aromatic heterocycles. The first-order chi connectivity index (χ1) is 12.0. The first-order valence-corrected chi connectivity index (χ1v) is 8.24. The predicted octanol–water partition coefficient (Wildman–Crippen LogP) is 3.74. The fourth-order valence-corrected chi connectivity index (χ4v) is 2.90. The van der Waals surface area contributed by atoms with E-state index in [0.29, 0.717) is 5.15 Å². The Hall–Kier alpha value is -2.66. The maximum absolute atomic E-state index is 12.3. The Morgan fingerprint density at radius 1 is 1.24 bits per heavy atom. The van der Waals surface area contributed by atoms with Crippen LogP contribution in [0.4, 0.5) is 0 Å². The number of hydrogen-bond acceptors (Lipinski definition) is 4. The highest BCUT2D eigenvalue weighted by molar-refractivity contribution is 6.29. The van der Waals surface area contributed by atoms with Crippen molar-refractivity contribution in [2.75, 3.05) is 0 Å². The number of nitrogens with zero attached hydrogens (tertiary/aromatic N) is 2. The summed E-state index contributed by atoms with van der Waals surface area (Å²) in [5.74, 6) is -0.498. The molecule has 3 rings (SSSR count). The fourth-order valence-electron chi connectivity index (χ4n) is 2.79. The lowest BCUT2D eigenvalue weighted by molar-refractivity contribution is -0.146. The molecule has 1 amide bonds. The molecule has 0 aliphatic carbocycles. The Kier molecular flexibility index (Phi) is 5.14. The summed E-state index contributed by atoms with van der Waals surface area (Å²) >= 11 is 5.73. The molecule has 2 aromatic rings. The van der Waals surface area contributed by atoms with Crippen LogP contribution in [0.5, 0.6) is 0 Å². The van der Waals surface area contributed by atoms with Gasteiger partial charge in [-0.25, -0.2) is 4.98 Å². The molecule has 0 fully saturated rings. The minimum atomic E-state index is -0.378. The van der Waals surface area contributed by atoms with Crippen LogP contribution in [0, 0.1) is 0 Å². The van der Waals surface area contributed by atoms with Crippen LogP contribution in [0.3, 0.4) is 0 Å². The highest BCUT2D eigenvalue weighted by atomic mass is 35.5. The topological polar surface area (TPSA) is 59.5 Å². The SMILES string of the molecule is CC(=O)N1C=Cc2ccccc2C1CC(=O)OCc1ccc(Cl)nc1. The van der Waals surface area contributed by atoms with Crippen LogP contribution in [-0.2, 0) is 20.9 Å². The van der Waals surface area contributed by atoms with Gasteiger partial charge in [0, 0.05) is 24.9 Å². The summed E-state index contributed by atoms with van der Waals surface area (Å²) in [7, 11) is 0. The molecular weight excluding hydrogens is 340 g/mol. The Morgan fingerprint density at radius 2 is 2.04 bits per heavy atom. The summed E-state index contributed by atoms with van der Waals surface area (Å²) < 4.78 is 5.33. The van der Waals surface area contributed by atoms with Gasteiger partial charge in [0.05, 0.1) is 12.5 Å². The van der Waals surface area contributed by atoms with Gasteiger partial charge in [-0.15, -0.1) is 0 Å². The summed E-state index contributed by atoms with van der Waals surface area (Å²) in [6, 6.07) is 10.7. The molecule has 0 saturated carbocycles. The van der Waals surface area contributed by atoms with Crippen molar-refractivity contribution in [3.05, 3.63) is 70.6 Å². The van der Waals surface area contributed by atoms with Crippen LogP contribution in [0.2, 0.25) is 5.15 Å². The zero-order chi connectivity index (χ0) is 17.8. The van der Waals surface area contributed by atoms with Gasteiger partial charge >= 0.3 is 5.97 Å². The van der Waals surface area contributed by atoms with Crippen molar-refractivity contribution in [2.45, 2.75) is 26.0 Å². The summed E-state index contributed by atoms with van der Waals surface area (Å²) in [5.41, 5.74) is 2.69. The van der Waals surface area contributed by atoms with Crippen molar-refractivity contribution in [1.29, 1.82) is 0 Å². The Bertz CT molecular complexity index is 818. The van der Waals surface area contributed by atoms with E-state index in [-0.39, 0.29) is 30.9 Å². The second kappa shape index (κ2) is 7.49. The van der Waals surface area contributed by atoms with E-state index in [1.807, 2.05) is 30.3 Å². The van der Waals surface area contributed by atoms with Crippen molar-refractivity contribution < 1.29 is 14.3 Å². The van der Waals surface area contributed by atoms with Gasteiger partial charge in [0.15, 0.2) is 0 Å². The number of carbonyl (C=O) groups is 2. The van der Waals surface area contributed by atoms with Crippen LogP contribution >= 0.6 is 11.6 Å². The van der Waals surface area contributed by atoms with Crippen LogP contribution in [0.1, 0.15) is 36.1 Å². The largest absolute Gasteiger partial charge is 0.461 e. The maximum Gasteiger partial charge on any atom is 0.308 e. The first-order valence-electron chi connectivity index (χ1n) is 7.86. The molecule has 128 valence electrons. The van der Waals surface area contributed by atoms with Crippen molar-refractivity contribution in [2.24, 2.45) is 0 Å². The van der Waals surface area contributed by atoms with Crippen LogP contribution in [0.15, 0.2) is 48.8 Å². The van der Waals surface area contributed by atoms with Crippen LogP contribution < -0.4 is 0 Å². The predicted molar refractivity (Wildman–Crippen MR) is 94.4 cm³/mol.